The fraction of sp³-hybridized carbons (Fsp3) is 0.259. The van der Waals surface area contributed by atoms with Gasteiger partial charge in [0, 0.05) is 30.5 Å². The first-order valence-electron chi connectivity index (χ1n) is 11.3. The van der Waals surface area contributed by atoms with Crippen molar-refractivity contribution in [2.24, 2.45) is 0 Å². The summed E-state index contributed by atoms with van der Waals surface area (Å²) in [7, 11) is 0. The van der Waals surface area contributed by atoms with Gasteiger partial charge in [0.25, 0.3) is 11.8 Å². The molecule has 0 bridgehead atoms. The molecule has 1 atom stereocenters. The zero-order chi connectivity index (χ0) is 24.1. The predicted molar refractivity (Wildman–Crippen MR) is 127 cm³/mol. The van der Waals surface area contributed by atoms with Crippen LogP contribution in [0, 0.1) is 24.2 Å². The number of aromatic nitrogens is 1. The second kappa shape index (κ2) is 10.3. The lowest BCUT2D eigenvalue weighted by Gasteiger charge is -2.21. The number of hydrogen-bond donors (Lipinski definition) is 1. The predicted octanol–water partition coefficient (Wildman–Crippen LogP) is 5.06. The number of benzene rings is 2. The van der Waals surface area contributed by atoms with Crippen molar-refractivity contribution >= 4 is 17.5 Å². The summed E-state index contributed by atoms with van der Waals surface area (Å²) in [4.78, 5) is 31.2. The molecule has 6 nitrogen and oxygen atoms in total. The van der Waals surface area contributed by atoms with Crippen molar-refractivity contribution in [2.75, 3.05) is 18.4 Å². The van der Waals surface area contributed by atoms with Crippen LogP contribution >= 0.6 is 0 Å². The number of carbonyl (C=O) groups excluding carboxylic acids is 2. The number of halogens is 1. The number of anilines is 1. The number of likely N-dealkylation sites (tertiary alicyclic amines) is 1. The van der Waals surface area contributed by atoms with Gasteiger partial charge in [0.05, 0.1) is 17.2 Å². The number of hydrogen-bond acceptors (Lipinski definition) is 4. The van der Waals surface area contributed by atoms with E-state index in [9.17, 15) is 14.0 Å². The molecule has 1 N–H and O–H groups in total. The number of carbonyl (C=O) groups is 2. The van der Waals surface area contributed by atoms with Crippen LogP contribution in [0.2, 0.25) is 0 Å². The minimum Gasteiger partial charge on any atom is -0.339 e. The van der Waals surface area contributed by atoms with Crippen LogP contribution in [-0.2, 0) is 0 Å². The summed E-state index contributed by atoms with van der Waals surface area (Å²) >= 11 is 0. The maximum absolute atomic E-state index is 13.3. The van der Waals surface area contributed by atoms with E-state index in [1.165, 1.54) is 17.8 Å². The molecule has 172 valence electrons. The Kier molecular flexibility index (Phi) is 6.98. The van der Waals surface area contributed by atoms with Crippen LogP contribution < -0.4 is 5.32 Å². The van der Waals surface area contributed by atoms with Crippen molar-refractivity contribution in [3.8, 4) is 6.07 Å². The van der Waals surface area contributed by atoms with E-state index in [1.54, 1.807) is 12.1 Å². The highest BCUT2D eigenvalue weighted by molar-refractivity contribution is 6.05. The van der Waals surface area contributed by atoms with E-state index < -0.39 is 11.9 Å². The van der Waals surface area contributed by atoms with E-state index in [-0.39, 0.29) is 11.5 Å². The molecular formula is C27H25FN4O2. The number of aryl methyl sites for hydroxylation is 1. The highest BCUT2D eigenvalue weighted by Gasteiger charge is 2.23. The van der Waals surface area contributed by atoms with Gasteiger partial charge in [-0.3, -0.25) is 9.59 Å². The Bertz CT molecular complexity index is 1230. The minimum absolute atomic E-state index is 0.0700. The van der Waals surface area contributed by atoms with Crippen LogP contribution in [0.4, 0.5) is 10.1 Å². The molecule has 2 heterocycles. The second-order valence-electron chi connectivity index (χ2n) is 8.51. The third-order valence-electron chi connectivity index (χ3n) is 6.25. The van der Waals surface area contributed by atoms with Crippen molar-refractivity contribution < 1.29 is 14.0 Å². The molecule has 4 rings (SSSR count). The summed E-state index contributed by atoms with van der Waals surface area (Å²) in [5, 5.41) is 11.8. The molecule has 1 aliphatic rings. The van der Waals surface area contributed by atoms with Crippen LogP contribution in [0.5, 0.6) is 0 Å². The molecule has 0 spiro atoms. The monoisotopic (exact) mass is 456 g/mol. The van der Waals surface area contributed by atoms with Crippen LogP contribution in [0.25, 0.3) is 0 Å². The van der Waals surface area contributed by atoms with Gasteiger partial charge in [-0.1, -0.05) is 18.2 Å². The minimum atomic E-state index is -0.654. The molecule has 34 heavy (non-hydrogen) atoms. The van der Waals surface area contributed by atoms with Crippen LogP contribution in [-0.4, -0.2) is 34.8 Å². The van der Waals surface area contributed by atoms with E-state index in [4.69, 9.17) is 5.26 Å². The maximum atomic E-state index is 13.3. The Balaban J connectivity index is 1.44. The molecule has 1 aliphatic heterocycles. The first-order valence-corrected chi connectivity index (χ1v) is 11.3. The fourth-order valence-corrected chi connectivity index (χ4v) is 4.24. The van der Waals surface area contributed by atoms with Gasteiger partial charge < -0.3 is 10.2 Å². The van der Waals surface area contributed by atoms with Gasteiger partial charge >= 0.3 is 0 Å². The van der Waals surface area contributed by atoms with Crippen molar-refractivity contribution in [2.45, 2.75) is 32.1 Å². The average Bonchev–Trinajstić information content (AvgIpc) is 3.12. The number of nitriles is 1. The molecule has 2 amide bonds. The standard InChI is InChI=1S/C27H25FN4O2/c1-18-4-7-22(15-24(18)31-26(33)23-10-11-25(28)30-17-23)27(34)32-13-2-3-20(12-14-32)21-8-5-19(16-29)6-9-21/h4-11,15,17,20H,2-3,12-14H2,1H3,(H,31,33). The van der Waals surface area contributed by atoms with E-state index >= 15 is 0 Å². The molecule has 0 aliphatic carbocycles. The Morgan fingerprint density at radius 1 is 1.06 bits per heavy atom. The Hall–Kier alpha value is -4.05. The maximum Gasteiger partial charge on any atom is 0.257 e. The van der Waals surface area contributed by atoms with Crippen molar-refractivity contribution in [1.82, 2.24) is 9.88 Å². The number of nitrogens with one attached hydrogen (secondary N) is 1. The average molecular weight is 457 g/mol. The summed E-state index contributed by atoms with van der Waals surface area (Å²) in [6.07, 6.45) is 3.90. The zero-order valence-electron chi connectivity index (χ0n) is 18.9. The smallest absolute Gasteiger partial charge is 0.257 e. The van der Waals surface area contributed by atoms with Crippen LogP contribution in [0.1, 0.15) is 62.6 Å². The normalized spacial score (nSPS) is 15.8. The lowest BCUT2D eigenvalue weighted by atomic mass is 9.91. The molecule has 3 aromatic rings. The number of pyridine rings is 1. The topological polar surface area (TPSA) is 86.1 Å². The number of amides is 2. The molecule has 7 heteroatoms. The van der Waals surface area contributed by atoms with Gasteiger partial charge in [-0.15, -0.1) is 0 Å². The third-order valence-corrected chi connectivity index (χ3v) is 6.25. The van der Waals surface area contributed by atoms with E-state index in [2.05, 4.69) is 16.4 Å². The molecule has 0 radical (unpaired) electrons. The molecule has 1 aromatic heterocycles. The quantitative estimate of drug-likeness (QED) is 0.556. The third kappa shape index (κ3) is 5.29. The van der Waals surface area contributed by atoms with Crippen molar-refractivity contribution in [3.05, 3.63) is 94.6 Å². The highest BCUT2D eigenvalue weighted by atomic mass is 19.1. The van der Waals surface area contributed by atoms with Gasteiger partial charge in [0.1, 0.15) is 0 Å². The van der Waals surface area contributed by atoms with Gasteiger partial charge in [-0.05, 0) is 79.6 Å². The SMILES string of the molecule is Cc1ccc(C(=O)N2CCCC(c3ccc(C#N)cc3)CC2)cc1NC(=O)c1ccc(F)nc1. The van der Waals surface area contributed by atoms with Gasteiger partial charge in [-0.25, -0.2) is 4.98 Å². The molecule has 0 saturated carbocycles. The largest absolute Gasteiger partial charge is 0.339 e. The lowest BCUT2D eigenvalue weighted by molar-refractivity contribution is 0.0760. The van der Waals surface area contributed by atoms with Crippen LogP contribution in [0.15, 0.2) is 60.8 Å². The Morgan fingerprint density at radius 3 is 2.53 bits per heavy atom. The van der Waals surface area contributed by atoms with Gasteiger partial charge in [0.15, 0.2) is 0 Å². The molecular weight excluding hydrogens is 431 g/mol. The summed E-state index contributed by atoms with van der Waals surface area (Å²) in [6, 6.07) is 17.6. The zero-order valence-corrected chi connectivity index (χ0v) is 18.9. The van der Waals surface area contributed by atoms with Crippen molar-refractivity contribution in [3.63, 3.8) is 0 Å². The summed E-state index contributed by atoms with van der Waals surface area (Å²) in [6.45, 7) is 3.16. The fourth-order valence-electron chi connectivity index (χ4n) is 4.24. The highest BCUT2D eigenvalue weighted by Crippen LogP contribution is 2.29. The molecule has 1 fully saturated rings. The van der Waals surface area contributed by atoms with Gasteiger partial charge in [0.2, 0.25) is 5.95 Å². The number of rotatable bonds is 4. The lowest BCUT2D eigenvalue weighted by Crippen LogP contribution is -2.32. The van der Waals surface area contributed by atoms with E-state index in [1.807, 2.05) is 42.2 Å². The van der Waals surface area contributed by atoms with Crippen molar-refractivity contribution in [1.29, 1.82) is 5.26 Å². The second-order valence-corrected chi connectivity index (χ2v) is 8.51. The molecule has 1 saturated heterocycles. The molecule has 1 unspecified atom stereocenters. The van der Waals surface area contributed by atoms with E-state index in [0.717, 1.165) is 30.9 Å². The number of nitrogens with zero attached hydrogens (tertiary/aromatic N) is 3. The van der Waals surface area contributed by atoms with Gasteiger partial charge in [-0.2, -0.15) is 9.65 Å². The summed E-state index contributed by atoms with van der Waals surface area (Å²) in [5.74, 6) is -0.790. The molecule has 2 aromatic carbocycles. The van der Waals surface area contributed by atoms with Crippen LogP contribution in [0.3, 0.4) is 0 Å². The Morgan fingerprint density at radius 2 is 1.82 bits per heavy atom. The first kappa shape index (κ1) is 23.1. The summed E-state index contributed by atoms with van der Waals surface area (Å²) < 4.78 is 13.0. The summed E-state index contributed by atoms with van der Waals surface area (Å²) in [5.41, 5.74) is 3.94. The van der Waals surface area contributed by atoms with E-state index in [0.29, 0.717) is 35.8 Å². The Labute approximate surface area is 198 Å². The first-order chi connectivity index (χ1) is 16.4.